The Bertz CT molecular complexity index is 607. The maximum Gasteiger partial charge on any atom is 0.118 e. The Kier molecular flexibility index (Phi) is 5.19. The van der Waals surface area contributed by atoms with Crippen LogP contribution < -0.4 is 10.1 Å². The van der Waals surface area contributed by atoms with E-state index < -0.39 is 0 Å². The highest BCUT2D eigenvalue weighted by Gasteiger charge is 2.23. The Morgan fingerprint density at radius 2 is 1.61 bits per heavy atom. The molecule has 23 heavy (non-hydrogen) atoms. The van der Waals surface area contributed by atoms with Crippen molar-refractivity contribution in [3.05, 3.63) is 59.7 Å². The summed E-state index contributed by atoms with van der Waals surface area (Å²) >= 11 is 0. The molecule has 0 spiro atoms. The molecule has 1 saturated heterocycles. The van der Waals surface area contributed by atoms with Crippen LogP contribution in [0.3, 0.4) is 0 Å². The Morgan fingerprint density at radius 3 is 2.30 bits per heavy atom. The highest BCUT2D eigenvalue weighted by molar-refractivity contribution is 5.28. The minimum Gasteiger partial charge on any atom is -0.508 e. The first-order valence-corrected chi connectivity index (χ1v) is 8.40. The number of phenols is 1. The van der Waals surface area contributed by atoms with Crippen LogP contribution in [0.1, 0.15) is 30.4 Å². The number of hydrogen-bond donors (Lipinski definition) is 2. The molecule has 2 aromatic carbocycles. The molecule has 2 unspecified atom stereocenters. The third-order valence-corrected chi connectivity index (χ3v) is 4.69. The zero-order valence-corrected chi connectivity index (χ0v) is 13.7. The van der Waals surface area contributed by atoms with Gasteiger partial charge in [0.2, 0.25) is 0 Å². The molecule has 1 aliphatic heterocycles. The monoisotopic (exact) mass is 311 g/mol. The molecule has 1 heterocycles. The first-order valence-electron chi connectivity index (χ1n) is 8.40. The van der Waals surface area contributed by atoms with Crippen LogP contribution in [0.15, 0.2) is 48.5 Å². The third kappa shape index (κ3) is 4.49. The van der Waals surface area contributed by atoms with Crippen LogP contribution in [0.25, 0.3) is 0 Å². The number of hydrogen-bond acceptors (Lipinski definition) is 3. The zero-order chi connectivity index (χ0) is 16.1. The van der Waals surface area contributed by atoms with Crippen molar-refractivity contribution >= 4 is 0 Å². The van der Waals surface area contributed by atoms with Crippen molar-refractivity contribution in [1.29, 1.82) is 0 Å². The minimum absolute atomic E-state index is 0.338. The molecular formula is C20H25NO2. The Hall–Kier alpha value is -2.00. The molecule has 0 amide bonds. The molecule has 0 aliphatic carbocycles. The summed E-state index contributed by atoms with van der Waals surface area (Å²) in [7, 11) is 1.70. The second-order valence-electron chi connectivity index (χ2n) is 6.40. The lowest BCUT2D eigenvalue weighted by molar-refractivity contribution is 0.414. The lowest BCUT2D eigenvalue weighted by Crippen LogP contribution is -2.31. The van der Waals surface area contributed by atoms with Gasteiger partial charge >= 0.3 is 0 Å². The molecule has 2 aromatic rings. The first kappa shape index (κ1) is 15.9. The number of aryl methyl sites for hydroxylation is 1. The predicted octanol–water partition coefficient (Wildman–Crippen LogP) is 3.70. The average Bonchev–Trinajstić information content (AvgIpc) is 3.03. The molecule has 122 valence electrons. The molecule has 2 N–H and O–H groups in total. The van der Waals surface area contributed by atoms with Crippen LogP contribution in [-0.2, 0) is 12.8 Å². The number of nitrogens with one attached hydrogen (secondary N) is 1. The average molecular weight is 311 g/mol. The second kappa shape index (κ2) is 7.51. The van der Waals surface area contributed by atoms with Gasteiger partial charge in [0.25, 0.3) is 0 Å². The summed E-state index contributed by atoms with van der Waals surface area (Å²) in [5, 5.41) is 13.1. The van der Waals surface area contributed by atoms with Crippen LogP contribution in [0.4, 0.5) is 0 Å². The van der Waals surface area contributed by atoms with Gasteiger partial charge in [-0.3, -0.25) is 0 Å². The van der Waals surface area contributed by atoms with Crippen molar-refractivity contribution in [2.24, 2.45) is 0 Å². The molecule has 3 nitrogen and oxygen atoms in total. The number of methoxy groups -OCH3 is 1. The second-order valence-corrected chi connectivity index (χ2v) is 6.40. The van der Waals surface area contributed by atoms with E-state index >= 15 is 0 Å². The Morgan fingerprint density at radius 1 is 0.957 bits per heavy atom. The summed E-state index contributed by atoms with van der Waals surface area (Å²) in [6.07, 6.45) is 5.80. The van der Waals surface area contributed by atoms with E-state index in [1.54, 1.807) is 19.2 Å². The largest absolute Gasteiger partial charge is 0.508 e. The molecule has 2 atom stereocenters. The maximum atomic E-state index is 9.35. The van der Waals surface area contributed by atoms with E-state index in [2.05, 4.69) is 17.4 Å². The molecule has 3 heteroatoms. The number of benzene rings is 2. The van der Waals surface area contributed by atoms with Gasteiger partial charge in [0.05, 0.1) is 7.11 Å². The molecule has 0 saturated carbocycles. The number of phenolic OH excluding ortho intramolecular Hbond substituents is 1. The van der Waals surface area contributed by atoms with Gasteiger partial charge in [0, 0.05) is 12.1 Å². The van der Waals surface area contributed by atoms with Gasteiger partial charge in [0.1, 0.15) is 11.5 Å². The summed E-state index contributed by atoms with van der Waals surface area (Å²) in [5.74, 6) is 1.26. The van der Waals surface area contributed by atoms with Crippen LogP contribution in [0, 0.1) is 0 Å². The van der Waals surface area contributed by atoms with E-state index in [0.29, 0.717) is 17.8 Å². The summed E-state index contributed by atoms with van der Waals surface area (Å²) in [6.45, 7) is 0. The maximum absolute atomic E-state index is 9.35. The van der Waals surface area contributed by atoms with E-state index in [1.165, 1.54) is 30.4 Å². The van der Waals surface area contributed by atoms with E-state index in [-0.39, 0.29) is 0 Å². The van der Waals surface area contributed by atoms with Crippen LogP contribution in [0.5, 0.6) is 11.5 Å². The molecular weight excluding hydrogens is 286 g/mol. The lowest BCUT2D eigenvalue weighted by atomic mass is 10.0. The van der Waals surface area contributed by atoms with Gasteiger partial charge in [-0.05, 0) is 67.5 Å². The van der Waals surface area contributed by atoms with Crippen molar-refractivity contribution < 1.29 is 9.84 Å². The van der Waals surface area contributed by atoms with Gasteiger partial charge < -0.3 is 15.2 Å². The zero-order valence-electron chi connectivity index (χ0n) is 13.7. The molecule has 0 radical (unpaired) electrons. The third-order valence-electron chi connectivity index (χ3n) is 4.69. The summed E-state index contributed by atoms with van der Waals surface area (Å²) in [6, 6.07) is 17.1. The molecule has 0 aromatic heterocycles. The van der Waals surface area contributed by atoms with Gasteiger partial charge in [-0.25, -0.2) is 0 Å². The normalized spacial score (nSPS) is 20.6. The Balaban J connectivity index is 1.45. The SMILES string of the molecule is COc1ccc(CCC2CCC(Cc3ccc(O)cc3)N2)cc1. The van der Waals surface area contributed by atoms with Crippen molar-refractivity contribution in [1.82, 2.24) is 5.32 Å². The molecule has 1 fully saturated rings. The molecule has 3 rings (SSSR count). The van der Waals surface area contributed by atoms with E-state index in [1.807, 2.05) is 24.3 Å². The highest BCUT2D eigenvalue weighted by atomic mass is 16.5. The fourth-order valence-corrected chi connectivity index (χ4v) is 3.34. The van der Waals surface area contributed by atoms with Gasteiger partial charge in [-0.15, -0.1) is 0 Å². The predicted molar refractivity (Wildman–Crippen MR) is 93.1 cm³/mol. The number of ether oxygens (including phenoxy) is 1. The molecule has 0 bridgehead atoms. The number of rotatable bonds is 6. The van der Waals surface area contributed by atoms with Crippen molar-refractivity contribution in [2.45, 2.75) is 44.2 Å². The van der Waals surface area contributed by atoms with Crippen molar-refractivity contribution in [3.63, 3.8) is 0 Å². The standard InChI is InChI=1S/C20H25NO2/c1-23-20-12-5-15(6-13-20)2-7-17-8-9-18(21-17)14-16-3-10-19(22)11-4-16/h3-6,10-13,17-18,21-22H,2,7-9,14H2,1H3. The topological polar surface area (TPSA) is 41.5 Å². The summed E-state index contributed by atoms with van der Waals surface area (Å²) in [4.78, 5) is 0. The van der Waals surface area contributed by atoms with Crippen molar-refractivity contribution in [2.75, 3.05) is 7.11 Å². The molecule has 1 aliphatic rings. The van der Waals surface area contributed by atoms with Crippen LogP contribution in [0.2, 0.25) is 0 Å². The van der Waals surface area contributed by atoms with Crippen LogP contribution in [-0.4, -0.2) is 24.3 Å². The van der Waals surface area contributed by atoms with E-state index in [0.717, 1.165) is 18.6 Å². The highest BCUT2D eigenvalue weighted by Crippen LogP contribution is 2.21. The summed E-state index contributed by atoms with van der Waals surface area (Å²) < 4.78 is 5.20. The van der Waals surface area contributed by atoms with Gasteiger partial charge in [-0.1, -0.05) is 24.3 Å². The number of aromatic hydroxyl groups is 1. The van der Waals surface area contributed by atoms with E-state index in [9.17, 15) is 5.11 Å². The summed E-state index contributed by atoms with van der Waals surface area (Å²) in [5.41, 5.74) is 2.66. The van der Waals surface area contributed by atoms with E-state index in [4.69, 9.17) is 4.74 Å². The van der Waals surface area contributed by atoms with Gasteiger partial charge in [0.15, 0.2) is 0 Å². The first-order chi connectivity index (χ1) is 11.2. The minimum atomic E-state index is 0.338. The van der Waals surface area contributed by atoms with Crippen LogP contribution >= 0.6 is 0 Å². The van der Waals surface area contributed by atoms with Gasteiger partial charge in [-0.2, -0.15) is 0 Å². The van der Waals surface area contributed by atoms with Crippen molar-refractivity contribution in [3.8, 4) is 11.5 Å². The Labute approximate surface area is 138 Å². The fourth-order valence-electron chi connectivity index (χ4n) is 3.34. The fraction of sp³-hybridized carbons (Fsp3) is 0.400. The smallest absolute Gasteiger partial charge is 0.118 e. The lowest BCUT2D eigenvalue weighted by Gasteiger charge is -2.15. The quantitative estimate of drug-likeness (QED) is 0.855.